The molecule has 146 valence electrons. The van der Waals surface area contributed by atoms with E-state index < -0.39 is 0 Å². The Kier molecular flexibility index (Phi) is 5.13. The van der Waals surface area contributed by atoms with Gasteiger partial charge in [-0.05, 0) is 38.0 Å². The number of anilines is 2. The first-order valence-corrected chi connectivity index (χ1v) is 10.1. The summed E-state index contributed by atoms with van der Waals surface area (Å²) in [5, 5.41) is 1.04. The van der Waals surface area contributed by atoms with Gasteiger partial charge in [0.1, 0.15) is 0 Å². The average Bonchev–Trinajstić information content (AvgIpc) is 3.12. The fraction of sp³-hybridized carbons (Fsp3) is 0.400. The molecule has 1 saturated heterocycles. The van der Waals surface area contributed by atoms with Gasteiger partial charge in [-0.25, -0.2) is 9.97 Å². The highest BCUT2D eigenvalue weighted by Gasteiger charge is 2.29. The second kappa shape index (κ2) is 7.71. The van der Waals surface area contributed by atoms with Crippen LogP contribution in [0.1, 0.15) is 17.8 Å². The number of benzene rings is 1. The van der Waals surface area contributed by atoms with Crippen molar-refractivity contribution in [3.8, 4) is 5.88 Å². The Hall–Kier alpha value is -2.74. The molecular weight excluding hydrogens is 374 g/mol. The molecule has 3 heterocycles. The van der Waals surface area contributed by atoms with E-state index in [4.69, 9.17) is 4.74 Å². The first kappa shape index (κ1) is 18.6. The number of amides is 1. The molecule has 0 aliphatic carbocycles. The molecule has 0 atom stereocenters. The summed E-state index contributed by atoms with van der Waals surface area (Å²) in [7, 11) is 3.45. The normalized spacial score (nSPS) is 15.0. The van der Waals surface area contributed by atoms with Gasteiger partial charge in [0.2, 0.25) is 17.7 Å². The van der Waals surface area contributed by atoms with E-state index in [2.05, 4.69) is 25.9 Å². The van der Waals surface area contributed by atoms with E-state index in [1.807, 2.05) is 26.1 Å². The summed E-state index contributed by atoms with van der Waals surface area (Å²) >= 11 is 1.65. The SMILES string of the molecule is COc1ccnc(N2CCC(C(=O)N(C)c3ccc4nc(C)sc4c3)CC2)n1. The van der Waals surface area contributed by atoms with Crippen molar-refractivity contribution >= 4 is 39.1 Å². The van der Waals surface area contributed by atoms with Crippen LogP contribution in [0, 0.1) is 12.8 Å². The molecule has 1 aliphatic heterocycles. The molecule has 3 aromatic rings. The highest BCUT2D eigenvalue weighted by atomic mass is 32.1. The molecule has 0 unspecified atom stereocenters. The van der Waals surface area contributed by atoms with Crippen molar-refractivity contribution < 1.29 is 9.53 Å². The van der Waals surface area contributed by atoms with Crippen LogP contribution in [0.3, 0.4) is 0 Å². The van der Waals surface area contributed by atoms with Crippen LogP contribution in [-0.2, 0) is 4.79 Å². The van der Waals surface area contributed by atoms with E-state index in [-0.39, 0.29) is 11.8 Å². The molecule has 0 spiro atoms. The summed E-state index contributed by atoms with van der Waals surface area (Å²) in [5.74, 6) is 1.37. The number of thiazole rings is 1. The third kappa shape index (κ3) is 3.64. The fourth-order valence-electron chi connectivity index (χ4n) is 3.56. The highest BCUT2D eigenvalue weighted by molar-refractivity contribution is 7.18. The van der Waals surface area contributed by atoms with Crippen molar-refractivity contribution in [2.45, 2.75) is 19.8 Å². The monoisotopic (exact) mass is 397 g/mol. The predicted molar refractivity (Wildman–Crippen MR) is 111 cm³/mol. The zero-order chi connectivity index (χ0) is 19.7. The molecule has 7 nitrogen and oxygen atoms in total. The third-order valence-electron chi connectivity index (χ3n) is 5.15. The standard InChI is InChI=1S/C20H23N5O2S/c1-13-22-16-5-4-15(12-17(16)28-13)24(2)19(26)14-7-10-25(11-8-14)20-21-9-6-18(23-20)27-3/h4-6,9,12,14H,7-8,10-11H2,1-3H3. The van der Waals surface area contributed by atoms with E-state index in [1.54, 1.807) is 35.6 Å². The van der Waals surface area contributed by atoms with Gasteiger partial charge >= 0.3 is 0 Å². The van der Waals surface area contributed by atoms with Gasteiger partial charge in [-0.3, -0.25) is 4.79 Å². The van der Waals surface area contributed by atoms with E-state index in [0.29, 0.717) is 11.8 Å². The van der Waals surface area contributed by atoms with Gasteiger partial charge in [0.05, 0.1) is 22.3 Å². The maximum atomic E-state index is 13.0. The van der Waals surface area contributed by atoms with Crippen molar-refractivity contribution in [2.75, 3.05) is 37.0 Å². The van der Waals surface area contributed by atoms with Gasteiger partial charge < -0.3 is 14.5 Å². The quantitative estimate of drug-likeness (QED) is 0.673. The Labute approximate surface area is 168 Å². The minimum atomic E-state index is 0.00533. The molecule has 28 heavy (non-hydrogen) atoms. The van der Waals surface area contributed by atoms with Crippen molar-refractivity contribution in [2.24, 2.45) is 5.92 Å². The Morgan fingerprint density at radius 3 is 2.79 bits per heavy atom. The molecule has 8 heteroatoms. The zero-order valence-corrected chi connectivity index (χ0v) is 17.1. The molecule has 1 fully saturated rings. The summed E-state index contributed by atoms with van der Waals surface area (Å²) in [6, 6.07) is 7.74. The number of ether oxygens (including phenoxy) is 1. The van der Waals surface area contributed by atoms with E-state index in [1.165, 1.54) is 0 Å². The van der Waals surface area contributed by atoms with Crippen LogP contribution in [0.25, 0.3) is 10.2 Å². The highest BCUT2D eigenvalue weighted by Crippen LogP contribution is 2.29. The number of aromatic nitrogens is 3. The summed E-state index contributed by atoms with van der Waals surface area (Å²) in [4.78, 5) is 30.1. The van der Waals surface area contributed by atoms with Gasteiger partial charge in [0.25, 0.3) is 0 Å². The van der Waals surface area contributed by atoms with E-state index in [0.717, 1.165) is 46.8 Å². The van der Waals surface area contributed by atoms with Crippen LogP contribution in [-0.4, -0.2) is 48.1 Å². The minimum absolute atomic E-state index is 0.00533. The average molecular weight is 398 g/mol. The smallest absolute Gasteiger partial charge is 0.229 e. The molecular formula is C20H23N5O2S. The summed E-state index contributed by atoms with van der Waals surface area (Å²) in [5.41, 5.74) is 1.90. The number of methoxy groups -OCH3 is 1. The van der Waals surface area contributed by atoms with Gasteiger partial charge in [0, 0.05) is 44.0 Å². The van der Waals surface area contributed by atoms with Gasteiger partial charge in [-0.15, -0.1) is 11.3 Å². The number of carbonyl (C=O) groups is 1. The lowest BCUT2D eigenvalue weighted by Gasteiger charge is -2.33. The minimum Gasteiger partial charge on any atom is -0.481 e. The Morgan fingerprint density at radius 2 is 2.04 bits per heavy atom. The largest absolute Gasteiger partial charge is 0.481 e. The number of hydrogen-bond acceptors (Lipinski definition) is 7. The van der Waals surface area contributed by atoms with Crippen molar-refractivity contribution in [3.63, 3.8) is 0 Å². The number of aryl methyl sites for hydroxylation is 1. The number of fused-ring (bicyclic) bond motifs is 1. The lowest BCUT2D eigenvalue weighted by molar-refractivity contribution is -0.122. The topological polar surface area (TPSA) is 71.5 Å². The van der Waals surface area contributed by atoms with Crippen LogP contribution in [0.2, 0.25) is 0 Å². The number of piperidine rings is 1. The molecule has 1 amide bonds. The van der Waals surface area contributed by atoms with Gasteiger partial charge in [-0.1, -0.05) is 0 Å². The van der Waals surface area contributed by atoms with E-state index >= 15 is 0 Å². The van der Waals surface area contributed by atoms with Gasteiger partial charge in [0.15, 0.2) is 0 Å². The number of rotatable bonds is 4. The summed E-state index contributed by atoms with van der Waals surface area (Å²) in [6.45, 7) is 3.51. The summed E-state index contributed by atoms with van der Waals surface area (Å²) in [6.07, 6.45) is 3.26. The van der Waals surface area contributed by atoms with Crippen LogP contribution in [0.4, 0.5) is 11.6 Å². The zero-order valence-electron chi connectivity index (χ0n) is 16.3. The first-order chi connectivity index (χ1) is 13.5. The molecule has 0 saturated carbocycles. The lowest BCUT2D eigenvalue weighted by Crippen LogP contribution is -2.42. The molecule has 0 radical (unpaired) electrons. The molecule has 0 N–H and O–H groups in total. The van der Waals surface area contributed by atoms with E-state index in [9.17, 15) is 4.79 Å². The van der Waals surface area contributed by atoms with Crippen LogP contribution >= 0.6 is 11.3 Å². The van der Waals surface area contributed by atoms with Crippen LogP contribution in [0.15, 0.2) is 30.5 Å². The first-order valence-electron chi connectivity index (χ1n) is 9.32. The van der Waals surface area contributed by atoms with Crippen LogP contribution < -0.4 is 14.5 Å². The Balaban J connectivity index is 1.42. The Morgan fingerprint density at radius 1 is 1.25 bits per heavy atom. The fourth-order valence-corrected chi connectivity index (χ4v) is 4.42. The van der Waals surface area contributed by atoms with Crippen molar-refractivity contribution in [1.29, 1.82) is 0 Å². The number of nitrogens with zero attached hydrogens (tertiary/aromatic N) is 5. The molecule has 1 aliphatic rings. The van der Waals surface area contributed by atoms with Crippen molar-refractivity contribution in [1.82, 2.24) is 15.0 Å². The van der Waals surface area contributed by atoms with Crippen LogP contribution in [0.5, 0.6) is 5.88 Å². The number of carbonyl (C=O) groups excluding carboxylic acids is 1. The number of hydrogen-bond donors (Lipinski definition) is 0. The molecule has 4 rings (SSSR count). The maximum Gasteiger partial charge on any atom is 0.229 e. The van der Waals surface area contributed by atoms with Crippen molar-refractivity contribution in [3.05, 3.63) is 35.5 Å². The summed E-state index contributed by atoms with van der Waals surface area (Å²) < 4.78 is 6.29. The second-order valence-corrected chi connectivity index (χ2v) is 8.18. The molecule has 1 aromatic carbocycles. The Bertz CT molecular complexity index is 997. The molecule has 0 bridgehead atoms. The predicted octanol–water partition coefficient (Wildman–Crippen LogP) is 3.28. The van der Waals surface area contributed by atoms with Gasteiger partial charge in [-0.2, -0.15) is 4.98 Å². The third-order valence-corrected chi connectivity index (χ3v) is 6.08. The lowest BCUT2D eigenvalue weighted by atomic mass is 9.95. The molecule has 2 aromatic heterocycles. The maximum absolute atomic E-state index is 13.0. The second-order valence-electron chi connectivity index (χ2n) is 6.94.